The van der Waals surface area contributed by atoms with E-state index in [1.807, 2.05) is 0 Å². The van der Waals surface area contributed by atoms with Gasteiger partial charge in [0, 0.05) is 0 Å². The predicted molar refractivity (Wildman–Crippen MR) is 58.5 cm³/mol. The van der Waals surface area contributed by atoms with Gasteiger partial charge < -0.3 is 0 Å². The molecule has 6 heteroatoms. The Balaban J connectivity index is 1.76. The van der Waals surface area contributed by atoms with Crippen LogP contribution in [0.3, 0.4) is 0 Å². The molecule has 1 aromatic rings. The molecule has 0 N–H and O–H groups in total. The first-order valence-electron chi connectivity index (χ1n) is 5.87. The van der Waals surface area contributed by atoms with Crippen molar-refractivity contribution in [2.24, 2.45) is 17.8 Å². The molecule has 2 atom stereocenters. The maximum Gasteiger partial charge on any atom is 0.393 e. The Hall–Kier alpha value is -1.85. The Labute approximate surface area is 107 Å². The molecule has 0 unspecified atom stereocenters. The molecule has 1 aliphatic carbocycles. The number of rotatable bonds is 2. The molecule has 0 bridgehead atoms. The first-order chi connectivity index (χ1) is 8.91. The molecule has 3 nitrogen and oxygen atoms in total. The number of carbonyl (C=O) groups excluding carboxylic acids is 2. The minimum absolute atomic E-state index is 0.0517. The van der Waals surface area contributed by atoms with Gasteiger partial charge in [-0.15, -0.1) is 0 Å². The number of carbonyl (C=O) groups is 2. The number of hydrogen-bond donors (Lipinski definition) is 0. The lowest BCUT2D eigenvalue weighted by Gasteiger charge is -2.19. The molecule has 1 aliphatic heterocycles. The maximum atomic E-state index is 12.5. The molecular formula is C13H10F3NO2. The molecule has 1 saturated carbocycles. The number of halogens is 3. The first-order valence-corrected chi connectivity index (χ1v) is 5.87. The molecule has 100 valence electrons. The SMILES string of the molecule is O=C1[C@H]2C(C(F)(F)F)[C@@H]2C(=O)N1Cc1ccccc1. The summed E-state index contributed by atoms with van der Waals surface area (Å²) in [6.45, 7) is 0.0517. The lowest BCUT2D eigenvalue weighted by Crippen LogP contribution is -2.36. The minimum Gasteiger partial charge on any atom is -0.278 e. The van der Waals surface area contributed by atoms with Crippen LogP contribution in [0.4, 0.5) is 13.2 Å². The van der Waals surface area contributed by atoms with E-state index < -0.39 is 35.7 Å². The molecule has 0 aromatic heterocycles. The van der Waals surface area contributed by atoms with E-state index in [-0.39, 0.29) is 6.54 Å². The smallest absolute Gasteiger partial charge is 0.278 e. The number of amides is 2. The fourth-order valence-corrected chi connectivity index (χ4v) is 2.72. The molecule has 1 heterocycles. The molecule has 0 spiro atoms. The molecule has 19 heavy (non-hydrogen) atoms. The average Bonchev–Trinajstić information content (AvgIpc) is 3.06. The van der Waals surface area contributed by atoms with Crippen LogP contribution in [0, 0.1) is 17.8 Å². The van der Waals surface area contributed by atoms with Gasteiger partial charge in [-0.05, 0) is 5.56 Å². The van der Waals surface area contributed by atoms with Gasteiger partial charge in [-0.3, -0.25) is 14.5 Å². The van der Waals surface area contributed by atoms with Crippen molar-refractivity contribution in [2.45, 2.75) is 12.7 Å². The molecule has 0 radical (unpaired) electrons. The highest BCUT2D eigenvalue weighted by atomic mass is 19.4. The van der Waals surface area contributed by atoms with Gasteiger partial charge in [-0.1, -0.05) is 30.3 Å². The Morgan fingerprint density at radius 1 is 1.00 bits per heavy atom. The van der Waals surface area contributed by atoms with Crippen LogP contribution < -0.4 is 0 Å². The molecule has 3 rings (SSSR count). The van der Waals surface area contributed by atoms with Gasteiger partial charge in [-0.2, -0.15) is 13.2 Å². The van der Waals surface area contributed by atoms with Gasteiger partial charge in [0.1, 0.15) is 0 Å². The fraction of sp³-hybridized carbons (Fsp3) is 0.385. The predicted octanol–water partition coefficient (Wildman–Crippen LogP) is 1.98. The highest BCUT2D eigenvalue weighted by molar-refractivity contribution is 6.09. The Morgan fingerprint density at radius 2 is 1.53 bits per heavy atom. The van der Waals surface area contributed by atoms with E-state index in [1.54, 1.807) is 30.3 Å². The van der Waals surface area contributed by atoms with Crippen molar-refractivity contribution in [3.63, 3.8) is 0 Å². The van der Waals surface area contributed by atoms with Crippen molar-refractivity contribution < 1.29 is 22.8 Å². The van der Waals surface area contributed by atoms with E-state index in [4.69, 9.17) is 0 Å². The van der Waals surface area contributed by atoms with Gasteiger partial charge in [0.15, 0.2) is 0 Å². The summed E-state index contributed by atoms with van der Waals surface area (Å²) in [7, 11) is 0. The highest BCUT2D eigenvalue weighted by Gasteiger charge is 2.75. The van der Waals surface area contributed by atoms with Crippen LogP contribution in [-0.4, -0.2) is 22.9 Å². The third kappa shape index (κ3) is 1.82. The standard InChI is InChI=1S/C13H10F3NO2/c14-13(15,16)10-8-9(10)12(19)17(11(8)18)6-7-4-2-1-3-5-7/h1-5,8-10H,6H2/t8-,9-/m1/s1. The summed E-state index contributed by atoms with van der Waals surface area (Å²) >= 11 is 0. The van der Waals surface area contributed by atoms with Crippen molar-refractivity contribution >= 4 is 11.8 Å². The van der Waals surface area contributed by atoms with Gasteiger partial charge >= 0.3 is 6.18 Å². The lowest BCUT2D eigenvalue weighted by atomic mass is 10.2. The molecule has 1 aromatic carbocycles. The molecule has 2 amide bonds. The number of alkyl halides is 3. The van der Waals surface area contributed by atoms with E-state index >= 15 is 0 Å². The average molecular weight is 269 g/mol. The van der Waals surface area contributed by atoms with Gasteiger partial charge in [0.25, 0.3) is 0 Å². The van der Waals surface area contributed by atoms with E-state index in [1.165, 1.54) is 0 Å². The van der Waals surface area contributed by atoms with Crippen molar-refractivity contribution in [1.82, 2.24) is 4.90 Å². The molecular weight excluding hydrogens is 259 g/mol. The Kier molecular flexibility index (Phi) is 2.45. The normalized spacial score (nSPS) is 29.6. The van der Waals surface area contributed by atoms with Crippen LogP contribution in [0.5, 0.6) is 0 Å². The van der Waals surface area contributed by atoms with Gasteiger partial charge in [-0.25, -0.2) is 0 Å². The van der Waals surface area contributed by atoms with E-state index in [9.17, 15) is 22.8 Å². The van der Waals surface area contributed by atoms with Crippen molar-refractivity contribution in [2.75, 3.05) is 0 Å². The number of nitrogens with zero attached hydrogens (tertiary/aromatic N) is 1. The number of imide groups is 1. The highest BCUT2D eigenvalue weighted by Crippen LogP contribution is 2.60. The second kappa shape index (κ2) is 3.82. The summed E-state index contributed by atoms with van der Waals surface area (Å²) < 4.78 is 37.6. The van der Waals surface area contributed by atoms with Crippen molar-refractivity contribution in [1.29, 1.82) is 0 Å². The summed E-state index contributed by atoms with van der Waals surface area (Å²) in [5.41, 5.74) is 0.731. The van der Waals surface area contributed by atoms with Gasteiger partial charge in [0.05, 0.1) is 24.3 Å². The van der Waals surface area contributed by atoms with E-state index in [0.717, 1.165) is 10.5 Å². The third-order valence-electron chi connectivity index (χ3n) is 3.68. The Bertz CT molecular complexity index is 519. The zero-order chi connectivity index (χ0) is 13.8. The van der Waals surface area contributed by atoms with Crippen LogP contribution in [0.2, 0.25) is 0 Å². The van der Waals surface area contributed by atoms with Crippen LogP contribution in [-0.2, 0) is 16.1 Å². The summed E-state index contributed by atoms with van der Waals surface area (Å²) in [4.78, 5) is 24.6. The van der Waals surface area contributed by atoms with Crippen LogP contribution in [0.15, 0.2) is 30.3 Å². The van der Waals surface area contributed by atoms with Crippen molar-refractivity contribution in [3.05, 3.63) is 35.9 Å². The number of benzene rings is 1. The number of hydrogen-bond acceptors (Lipinski definition) is 2. The maximum absolute atomic E-state index is 12.5. The molecule has 1 saturated heterocycles. The fourth-order valence-electron chi connectivity index (χ4n) is 2.72. The van der Waals surface area contributed by atoms with Crippen molar-refractivity contribution in [3.8, 4) is 0 Å². The molecule has 2 fully saturated rings. The quantitative estimate of drug-likeness (QED) is 0.770. The summed E-state index contributed by atoms with van der Waals surface area (Å²) in [6, 6.07) is 8.74. The van der Waals surface area contributed by atoms with Crippen LogP contribution in [0.25, 0.3) is 0 Å². The number of piperidine rings is 1. The van der Waals surface area contributed by atoms with Crippen LogP contribution >= 0.6 is 0 Å². The zero-order valence-corrected chi connectivity index (χ0v) is 9.72. The Morgan fingerprint density at radius 3 is 2.00 bits per heavy atom. The third-order valence-corrected chi connectivity index (χ3v) is 3.68. The van der Waals surface area contributed by atoms with Crippen LogP contribution in [0.1, 0.15) is 5.56 Å². The second-order valence-corrected chi connectivity index (χ2v) is 4.87. The minimum atomic E-state index is -4.46. The monoisotopic (exact) mass is 269 g/mol. The van der Waals surface area contributed by atoms with E-state index in [2.05, 4.69) is 0 Å². The summed E-state index contributed by atoms with van der Waals surface area (Å²) in [6.07, 6.45) is -4.46. The topological polar surface area (TPSA) is 37.4 Å². The van der Waals surface area contributed by atoms with E-state index in [0.29, 0.717) is 0 Å². The lowest BCUT2D eigenvalue weighted by molar-refractivity contribution is -0.168. The summed E-state index contributed by atoms with van der Waals surface area (Å²) in [5.74, 6) is -5.52. The number of fused-ring (bicyclic) bond motifs is 1. The molecule has 2 aliphatic rings. The largest absolute Gasteiger partial charge is 0.393 e. The second-order valence-electron chi connectivity index (χ2n) is 4.87. The number of likely N-dealkylation sites (tertiary alicyclic amines) is 1. The summed E-state index contributed by atoms with van der Waals surface area (Å²) in [5, 5.41) is 0. The van der Waals surface area contributed by atoms with Gasteiger partial charge in [0.2, 0.25) is 11.8 Å². The first kappa shape index (κ1) is 12.2. The zero-order valence-electron chi connectivity index (χ0n) is 9.72.